The number of aromatic amines is 1. The summed E-state index contributed by atoms with van der Waals surface area (Å²) in [7, 11) is 3.41. The highest BCUT2D eigenvalue weighted by Gasteiger charge is 2.49. The molecule has 3 N–H and O–H groups in total. The van der Waals surface area contributed by atoms with Gasteiger partial charge in [0, 0.05) is 19.4 Å². The summed E-state index contributed by atoms with van der Waals surface area (Å²) in [5, 5.41) is 12.7. The van der Waals surface area contributed by atoms with Gasteiger partial charge in [0.2, 0.25) is 0 Å². The summed E-state index contributed by atoms with van der Waals surface area (Å²) >= 11 is 0. The van der Waals surface area contributed by atoms with Gasteiger partial charge in [-0.25, -0.2) is 9.59 Å². The van der Waals surface area contributed by atoms with Crippen molar-refractivity contribution in [2.75, 3.05) is 21.3 Å². The number of hydrogen-bond donors (Lipinski definition) is 3. The van der Waals surface area contributed by atoms with Crippen molar-refractivity contribution in [2.45, 2.75) is 37.0 Å². The van der Waals surface area contributed by atoms with Crippen molar-refractivity contribution < 1.29 is 38.4 Å². The molecule has 2 heterocycles. The first kappa shape index (κ1) is 22.3. The molecule has 0 saturated carbocycles. The molecule has 0 aliphatic carbocycles. The topological polar surface area (TPSA) is 175 Å². The molecule has 13 heteroatoms. The van der Waals surface area contributed by atoms with E-state index in [-0.39, 0.29) is 0 Å². The van der Waals surface area contributed by atoms with E-state index in [1.165, 1.54) is 7.11 Å². The normalized spacial score (nSPS) is 24.6. The van der Waals surface area contributed by atoms with Crippen LogP contribution in [0.2, 0.25) is 0 Å². The number of rotatable bonds is 7. The molecule has 13 nitrogen and oxygen atoms in total. The zero-order valence-corrected chi connectivity index (χ0v) is 15.8. The molecule has 0 spiro atoms. The van der Waals surface area contributed by atoms with E-state index in [0.717, 1.165) is 31.0 Å². The zero-order chi connectivity index (χ0) is 21.7. The lowest BCUT2D eigenvalue weighted by Gasteiger charge is -2.20. The zero-order valence-electron chi connectivity index (χ0n) is 15.8. The van der Waals surface area contributed by atoms with Crippen LogP contribution in [0.3, 0.4) is 0 Å². The van der Waals surface area contributed by atoms with Crippen LogP contribution in [0.5, 0.6) is 0 Å². The van der Waals surface area contributed by atoms with Gasteiger partial charge in [-0.15, -0.1) is 0 Å². The predicted octanol–water partition coefficient (Wildman–Crippen LogP) is -2.97. The van der Waals surface area contributed by atoms with E-state index in [9.17, 15) is 29.1 Å². The van der Waals surface area contributed by atoms with Gasteiger partial charge in [-0.2, -0.15) is 0 Å². The number of nitrogens with zero attached hydrogens (tertiary/aromatic N) is 1. The molecule has 0 radical (unpaired) electrons. The number of esters is 2. The minimum absolute atomic E-state index is 0.506. The van der Waals surface area contributed by atoms with Gasteiger partial charge in [0.25, 0.3) is 11.5 Å². The smallest absolute Gasteiger partial charge is 0.330 e. The number of aliphatic hydroxyl groups is 1. The average Bonchev–Trinajstić information content (AvgIpc) is 3.02. The largest absolute Gasteiger partial charge is 0.469 e. The molecule has 5 atom stereocenters. The van der Waals surface area contributed by atoms with E-state index in [4.69, 9.17) is 9.47 Å². The van der Waals surface area contributed by atoms with E-state index in [1.807, 2.05) is 4.98 Å². The Morgan fingerprint density at radius 3 is 2.52 bits per heavy atom. The first-order valence-corrected chi connectivity index (χ1v) is 8.36. The highest BCUT2D eigenvalue weighted by Crippen LogP contribution is 2.30. The summed E-state index contributed by atoms with van der Waals surface area (Å²) in [6.07, 6.45) is -4.85. The third-order valence-electron chi connectivity index (χ3n) is 4.27. The van der Waals surface area contributed by atoms with Gasteiger partial charge < -0.3 is 29.4 Å². The van der Waals surface area contributed by atoms with E-state index >= 15 is 0 Å². The lowest BCUT2D eigenvalue weighted by atomic mass is 10.1. The Bertz CT molecular complexity index is 878. The second-order valence-electron chi connectivity index (χ2n) is 6.02. The molecule has 1 aliphatic rings. The van der Waals surface area contributed by atoms with Crippen molar-refractivity contribution in [3.8, 4) is 0 Å². The number of aromatic nitrogens is 2. The molecule has 1 saturated heterocycles. The van der Waals surface area contributed by atoms with Gasteiger partial charge in [0.1, 0.15) is 18.2 Å². The lowest BCUT2D eigenvalue weighted by Crippen LogP contribution is -2.50. The fourth-order valence-electron chi connectivity index (χ4n) is 2.81. The van der Waals surface area contributed by atoms with Crippen molar-refractivity contribution in [2.24, 2.45) is 0 Å². The first-order chi connectivity index (χ1) is 13.7. The molecular formula is C16H21N3O10. The summed E-state index contributed by atoms with van der Waals surface area (Å²) in [6, 6.07) is -0.326. The maximum Gasteiger partial charge on any atom is 0.330 e. The third-order valence-corrected chi connectivity index (χ3v) is 4.27. The molecule has 0 bridgehead atoms. The van der Waals surface area contributed by atoms with Crippen LogP contribution < -0.4 is 16.6 Å². The standard InChI is InChI=1S/C16H21N3O10/c1-26-9(21)6-7(15(24)28-3)17-13(23)11-10(22)12(27-2)14(29-11)19-5-4-8(20)18-16(19)25/h4-5,7,10-12,14,22H,6H2,1-3H3,(H,17,23)(H,18,20,25)/t7-,10?,11+,12+,14-/m1/s1. The Morgan fingerprint density at radius 1 is 1.28 bits per heavy atom. The minimum atomic E-state index is -1.55. The van der Waals surface area contributed by atoms with Crippen LogP contribution in [0.15, 0.2) is 21.9 Å². The van der Waals surface area contributed by atoms with Gasteiger partial charge in [-0.3, -0.25) is 23.9 Å². The molecule has 1 aliphatic heterocycles. The molecule has 160 valence electrons. The highest BCUT2D eigenvalue weighted by molar-refractivity contribution is 5.90. The van der Waals surface area contributed by atoms with E-state index in [1.54, 1.807) is 0 Å². The highest BCUT2D eigenvalue weighted by atomic mass is 16.6. The second kappa shape index (κ2) is 9.45. The molecule has 0 aromatic carbocycles. The average molecular weight is 415 g/mol. The first-order valence-electron chi connectivity index (χ1n) is 8.36. The van der Waals surface area contributed by atoms with Crippen LogP contribution in [0.1, 0.15) is 12.6 Å². The molecule has 1 amide bonds. The number of carbonyl (C=O) groups excluding carboxylic acids is 3. The Labute approximate surface area is 163 Å². The molecule has 1 fully saturated rings. The molecule has 29 heavy (non-hydrogen) atoms. The van der Waals surface area contributed by atoms with Gasteiger partial charge in [0.15, 0.2) is 12.3 Å². The summed E-state index contributed by atoms with van der Waals surface area (Å²) < 4.78 is 20.6. The summed E-state index contributed by atoms with van der Waals surface area (Å²) in [6.45, 7) is 0. The number of carbonyl (C=O) groups is 3. The van der Waals surface area contributed by atoms with Gasteiger partial charge in [-0.05, 0) is 0 Å². The van der Waals surface area contributed by atoms with Crippen LogP contribution in [-0.2, 0) is 33.3 Å². The lowest BCUT2D eigenvalue weighted by molar-refractivity contribution is -0.152. The Morgan fingerprint density at radius 2 is 1.97 bits per heavy atom. The van der Waals surface area contributed by atoms with Crippen molar-refractivity contribution in [3.05, 3.63) is 33.1 Å². The van der Waals surface area contributed by atoms with Gasteiger partial charge in [-0.1, -0.05) is 0 Å². The van der Waals surface area contributed by atoms with Crippen LogP contribution in [0.25, 0.3) is 0 Å². The number of ether oxygens (including phenoxy) is 4. The monoisotopic (exact) mass is 415 g/mol. The number of aliphatic hydroxyl groups excluding tert-OH is 1. The van der Waals surface area contributed by atoms with Crippen molar-refractivity contribution in [3.63, 3.8) is 0 Å². The van der Waals surface area contributed by atoms with Crippen LogP contribution in [0, 0.1) is 0 Å². The molecule has 2 rings (SSSR count). The fourth-order valence-corrected chi connectivity index (χ4v) is 2.81. The maximum atomic E-state index is 12.6. The van der Waals surface area contributed by atoms with Gasteiger partial charge in [0.05, 0.1) is 20.6 Å². The van der Waals surface area contributed by atoms with E-state index in [2.05, 4.69) is 14.8 Å². The number of nitrogens with one attached hydrogen (secondary N) is 2. The molecule has 1 unspecified atom stereocenters. The minimum Gasteiger partial charge on any atom is -0.469 e. The van der Waals surface area contributed by atoms with Crippen LogP contribution in [0.4, 0.5) is 0 Å². The van der Waals surface area contributed by atoms with E-state index < -0.39 is 66.1 Å². The fraction of sp³-hybridized carbons (Fsp3) is 0.562. The van der Waals surface area contributed by atoms with Crippen molar-refractivity contribution in [1.82, 2.24) is 14.9 Å². The Balaban J connectivity index is 2.23. The quantitative estimate of drug-likeness (QED) is 0.390. The summed E-state index contributed by atoms with van der Waals surface area (Å²) in [5.41, 5.74) is -1.48. The summed E-state index contributed by atoms with van der Waals surface area (Å²) in [5.74, 6) is -2.63. The second-order valence-corrected chi connectivity index (χ2v) is 6.02. The SMILES string of the molecule is COC(=O)C[C@@H](NC(=O)[C@H]1O[C@@H](n2ccc(=O)[nH]c2=O)[C@@H](OC)C1O)C(=O)OC. The molecule has 1 aromatic rings. The van der Waals surface area contributed by atoms with E-state index in [0.29, 0.717) is 0 Å². The van der Waals surface area contributed by atoms with Crippen LogP contribution in [-0.4, -0.2) is 78.2 Å². The number of methoxy groups -OCH3 is 3. The maximum absolute atomic E-state index is 12.6. The van der Waals surface area contributed by atoms with Gasteiger partial charge >= 0.3 is 17.6 Å². The Kier molecular flexibility index (Phi) is 7.25. The number of amides is 1. The Hall–Kier alpha value is -3.03. The third kappa shape index (κ3) is 4.88. The molecule has 1 aromatic heterocycles. The van der Waals surface area contributed by atoms with Crippen molar-refractivity contribution >= 4 is 17.8 Å². The number of H-pyrrole nitrogens is 1. The predicted molar refractivity (Wildman–Crippen MR) is 92.6 cm³/mol. The van der Waals surface area contributed by atoms with Crippen molar-refractivity contribution in [1.29, 1.82) is 0 Å². The molecular weight excluding hydrogens is 394 g/mol. The summed E-state index contributed by atoms with van der Waals surface area (Å²) in [4.78, 5) is 61.1. The van der Waals surface area contributed by atoms with Crippen LogP contribution >= 0.6 is 0 Å². The number of hydrogen-bond acceptors (Lipinski definition) is 10.